The smallest absolute Gasteiger partial charge is 0.151 e. The van der Waals surface area contributed by atoms with Crippen molar-refractivity contribution < 1.29 is 9.57 Å². The molecular formula is C25H28BrN5O2. The van der Waals surface area contributed by atoms with Crippen molar-refractivity contribution in [2.75, 3.05) is 25.7 Å². The van der Waals surface area contributed by atoms with Crippen molar-refractivity contribution in [1.29, 1.82) is 0 Å². The number of likely N-dealkylation sites (N-methyl/N-ethyl adjacent to an activating group) is 1. The molecule has 1 saturated heterocycles. The van der Waals surface area contributed by atoms with Gasteiger partial charge in [-0.3, -0.25) is 9.88 Å². The van der Waals surface area contributed by atoms with Crippen LogP contribution < -0.4 is 10.6 Å². The van der Waals surface area contributed by atoms with Crippen molar-refractivity contribution in [2.24, 2.45) is 13.0 Å². The van der Waals surface area contributed by atoms with Crippen molar-refractivity contribution in [3.8, 4) is 0 Å². The number of aryl methyl sites for hydroxylation is 1. The predicted molar refractivity (Wildman–Crippen MR) is 131 cm³/mol. The first-order valence-corrected chi connectivity index (χ1v) is 12.1. The van der Waals surface area contributed by atoms with Crippen LogP contribution in [0.15, 0.2) is 58.8 Å². The predicted octanol–water partition coefficient (Wildman–Crippen LogP) is 4.24. The third kappa shape index (κ3) is 3.01. The summed E-state index contributed by atoms with van der Waals surface area (Å²) >= 11 is 3.51. The Bertz CT molecular complexity index is 1290. The number of fused-ring (bicyclic) bond motifs is 2. The van der Waals surface area contributed by atoms with Gasteiger partial charge in [0.15, 0.2) is 5.76 Å². The number of ether oxygens (including phenoxy) is 1. The maximum absolute atomic E-state index is 6.48. The number of hydrogen-bond acceptors (Lipinski definition) is 6. The molecule has 0 amide bonds. The van der Waals surface area contributed by atoms with E-state index in [1.165, 1.54) is 22.0 Å². The highest BCUT2D eigenvalue weighted by Crippen LogP contribution is 2.51. The lowest BCUT2D eigenvalue weighted by molar-refractivity contribution is -0.126. The molecule has 6 rings (SSSR count). The van der Waals surface area contributed by atoms with E-state index in [1.807, 2.05) is 24.4 Å². The van der Waals surface area contributed by atoms with Gasteiger partial charge in [0, 0.05) is 60.4 Å². The zero-order chi connectivity index (χ0) is 22.9. The summed E-state index contributed by atoms with van der Waals surface area (Å²) in [6.07, 6.45) is 7.74. The van der Waals surface area contributed by atoms with Gasteiger partial charge in [-0.15, -0.1) is 0 Å². The van der Waals surface area contributed by atoms with Crippen molar-refractivity contribution in [3.63, 3.8) is 0 Å². The molecule has 0 spiro atoms. The Morgan fingerprint density at radius 2 is 2.12 bits per heavy atom. The molecule has 1 fully saturated rings. The van der Waals surface area contributed by atoms with Crippen LogP contribution in [0.4, 0.5) is 5.69 Å². The number of methoxy groups -OCH3 is 1. The monoisotopic (exact) mass is 509 g/mol. The van der Waals surface area contributed by atoms with Crippen LogP contribution in [0.2, 0.25) is 0 Å². The Labute approximate surface area is 202 Å². The number of pyridine rings is 1. The van der Waals surface area contributed by atoms with Crippen molar-refractivity contribution in [3.05, 3.63) is 69.9 Å². The molecule has 2 aromatic heterocycles. The number of benzene rings is 1. The lowest BCUT2D eigenvalue weighted by Gasteiger charge is -2.52. The molecule has 3 aromatic rings. The van der Waals surface area contributed by atoms with Crippen LogP contribution in [0, 0.1) is 5.92 Å². The van der Waals surface area contributed by atoms with Gasteiger partial charge in [-0.05, 0) is 66.0 Å². The standard InChI is InChI=1S/C25H28BrN5O2/c1-15-24(33-28-31(15)19-9-18(26)11-27-12-19)17-10-25(32-4)20-6-5-7-21-23(20)16(13-29(21)2)8-22(25)30(3)14-17/h5-7,9,11-13,17,22,28H,8,10,14H2,1-4H3/t17?,22-,25+/m1/s1. The van der Waals surface area contributed by atoms with Crippen molar-refractivity contribution in [2.45, 2.75) is 31.4 Å². The number of piperidine rings is 1. The van der Waals surface area contributed by atoms with E-state index >= 15 is 0 Å². The number of nitrogens with zero attached hydrogens (tertiary/aromatic N) is 4. The number of halogens is 1. The van der Waals surface area contributed by atoms with Crippen LogP contribution in [-0.2, 0) is 28.6 Å². The fourth-order valence-electron chi connectivity index (χ4n) is 6.26. The second kappa shape index (κ2) is 7.56. The number of hydrazine groups is 1. The van der Waals surface area contributed by atoms with Crippen LogP contribution >= 0.6 is 15.9 Å². The summed E-state index contributed by atoms with van der Waals surface area (Å²) in [5, 5.41) is 3.31. The molecular weight excluding hydrogens is 482 g/mol. The lowest BCUT2D eigenvalue weighted by atomic mass is 9.68. The third-order valence-corrected chi connectivity index (χ3v) is 8.15. The maximum atomic E-state index is 6.48. The van der Waals surface area contributed by atoms with E-state index < -0.39 is 5.60 Å². The van der Waals surface area contributed by atoms with Gasteiger partial charge in [0.2, 0.25) is 0 Å². The van der Waals surface area contributed by atoms with E-state index in [-0.39, 0.29) is 12.0 Å². The zero-order valence-electron chi connectivity index (χ0n) is 19.3. The SMILES string of the molecule is CO[C@]12CC(C3=C(C)N(c4cncc(Br)c4)NO3)CN(C)[C@@H]1Cc1cn(C)c3cccc2c13. The molecule has 1 aromatic carbocycles. The number of hydrogen-bond donors (Lipinski definition) is 1. The first-order chi connectivity index (χ1) is 15.9. The largest absolute Gasteiger partial charge is 0.391 e. The number of nitrogens with one attached hydrogen (secondary N) is 1. The molecule has 172 valence electrons. The highest BCUT2D eigenvalue weighted by Gasteiger charge is 2.53. The first kappa shape index (κ1) is 21.2. The molecule has 0 saturated carbocycles. The Morgan fingerprint density at radius 1 is 1.27 bits per heavy atom. The molecule has 1 aliphatic carbocycles. The average Bonchev–Trinajstić information content (AvgIpc) is 3.35. The molecule has 1 N–H and O–H groups in total. The minimum atomic E-state index is -0.396. The molecule has 7 nitrogen and oxygen atoms in total. The topological polar surface area (TPSA) is 54.8 Å². The summed E-state index contributed by atoms with van der Waals surface area (Å²) < 4.78 is 9.65. The molecule has 8 heteroatoms. The maximum Gasteiger partial charge on any atom is 0.151 e. The summed E-state index contributed by atoms with van der Waals surface area (Å²) in [5.74, 6) is 1.15. The van der Waals surface area contributed by atoms with Crippen LogP contribution in [0.5, 0.6) is 0 Å². The molecule has 0 bridgehead atoms. The summed E-state index contributed by atoms with van der Waals surface area (Å²) in [4.78, 5) is 12.9. The number of likely N-dealkylation sites (tertiary alicyclic amines) is 1. The van der Waals surface area contributed by atoms with Gasteiger partial charge in [-0.1, -0.05) is 17.7 Å². The number of aromatic nitrogens is 2. The molecule has 3 aliphatic rings. The summed E-state index contributed by atoms with van der Waals surface area (Å²) in [7, 11) is 6.21. The van der Waals surface area contributed by atoms with E-state index in [9.17, 15) is 0 Å². The normalized spacial score (nSPS) is 27.2. The van der Waals surface area contributed by atoms with E-state index in [0.717, 1.165) is 41.0 Å². The third-order valence-electron chi connectivity index (χ3n) is 7.71. The molecule has 4 heterocycles. The van der Waals surface area contributed by atoms with Gasteiger partial charge in [0.25, 0.3) is 0 Å². The lowest BCUT2D eigenvalue weighted by Crippen LogP contribution is -2.59. The Hall–Kier alpha value is -2.39. The second-order valence-corrected chi connectivity index (χ2v) is 10.4. The van der Waals surface area contributed by atoms with Gasteiger partial charge in [-0.2, -0.15) is 0 Å². The van der Waals surface area contributed by atoms with Crippen molar-refractivity contribution >= 4 is 32.5 Å². The van der Waals surface area contributed by atoms with Gasteiger partial charge in [-0.25, -0.2) is 5.01 Å². The summed E-state index contributed by atoms with van der Waals surface area (Å²) in [5.41, 5.74) is 8.64. The average molecular weight is 510 g/mol. The molecule has 2 aliphatic heterocycles. The van der Waals surface area contributed by atoms with Gasteiger partial charge in [0.05, 0.1) is 17.6 Å². The quantitative estimate of drug-likeness (QED) is 0.569. The Morgan fingerprint density at radius 3 is 2.91 bits per heavy atom. The molecule has 1 unspecified atom stereocenters. The minimum Gasteiger partial charge on any atom is -0.391 e. The van der Waals surface area contributed by atoms with Gasteiger partial charge < -0.3 is 14.1 Å². The highest BCUT2D eigenvalue weighted by molar-refractivity contribution is 9.10. The van der Waals surface area contributed by atoms with Crippen LogP contribution in [0.3, 0.4) is 0 Å². The molecule has 33 heavy (non-hydrogen) atoms. The zero-order valence-corrected chi connectivity index (χ0v) is 20.9. The molecule has 3 atom stereocenters. The summed E-state index contributed by atoms with van der Waals surface area (Å²) in [6, 6.07) is 8.92. The van der Waals surface area contributed by atoms with E-state index in [0.29, 0.717) is 0 Å². The number of rotatable bonds is 3. The van der Waals surface area contributed by atoms with Crippen LogP contribution in [0.25, 0.3) is 10.9 Å². The van der Waals surface area contributed by atoms with Crippen molar-refractivity contribution in [1.82, 2.24) is 20.0 Å². The van der Waals surface area contributed by atoms with Crippen LogP contribution in [-0.4, -0.2) is 41.2 Å². The number of allylic oxidation sites excluding steroid dienone is 1. The summed E-state index contributed by atoms with van der Waals surface area (Å²) in [6.45, 7) is 3.01. The fourth-order valence-corrected chi connectivity index (χ4v) is 6.62. The highest BCUT2D eigenvalue weighted by atomic mass is 79.9. The van der Waals surface area contributed by atoms with Crippen LogP contribution in [0.1, 0.15) is 24.5 Å². The Balaban J connectivity index is 1.42. The van der Waals surface area contributed by atoms with E-state index in [2.05, 4.69) is 81.4 Å². The first-order valence-electron chi connectivity index (χ1n) is 11.3. The van der Waals surface area contributed by atoms with E-state index in [4.69, 9.17) is 9.57 Å². The number of anilines is 1. The fraction of sp³-hybridized carbons (Fsp3) is 0.400. The molecule has 0 radical (unpaired) electrons. The van der Waals surface area contributed by atoms with Gasteiger partial charge in [0.1, 0.15) is 5.60 Å². The second-order valence-electron chi connectivity index (χ2n) is 9.46. The van der Waals surface area contributed by atoms with E-state index in [1.54, 1.807) is 6.20 Å². The van der Waals surface area contributed by atoms with Gasteiger partial charge >= 0.3 is 0 Å². The Kier molecular flexibility index (Phi) is 4.85. The minimum absolute atomic E-state index is 0.185.